The van der Waals surface area contributed by atoms with E-state index in [4.69, 9.17) is 4.74 Å². The molecule has 0 spiro atoms. The molecule has 4 heteroatoms. The van der Waals surface area contributed by atoms with Gasteiger partial charge in [-0.1, -0.05) is 0 Å². The zero-order valence-corrected chi connectivity index (χ0v) is 5.39. The van der Waals surface area contributed by atoms with Crippen LogP contribution in [-0.4, -0.2) is 25.4 Å². The van der Waals surface area contributed by atoms with E-state index in [1.807, 2.05) is 0 Å². The molecule has 1 saturated heterocycles. The van der Waals surface area contributed by atoms with Crippen molar-refractivity contribution in [3.05, 3.63) is 4.91 Å². The Bertz CT molecular complexity index is 110. The Hall–Kier alpha value is -0.480. The van der Waals surface area contributed by atoms with E-state index < -0.39 is 5.72 Å². The fourth-order valence-electron chi connectivity index (χ4n) is 0.773. The molecule has 0 aliphatic carbocycles. The molecular weight excluding hydrogens is 120 g/mol. The molecule has 1 atom stereocenters. The SMILES string of the molecule is CC1(N=O)CNCCO1. The lowest BCUT2D eigenvalue weighted by atomic mass is 10.2. The summed E-state index contributed by atoms with van der Waals surface area (Å²) >= 11 is 0. The number of nitrogens with zero attached hydrogens (tertiary/aromatic N) is 1. The highest BCUT2D eigenvalue weighted by atomic mass is 16.5. The number of ether oxygens (including phenoxy) is 1. The first-order valence-electron chi connectivity index (χ1n) is 2.96. The third-order valence-corrected chi connectivity index (χ3v) is 1.34. The summed E-state index contributed by atoms with van der Waals surface area (Å²) in [4.78, 5) is 10.1. The summed E-state index contributed by atoms with van der Waals surface area (Å²) < 4.78 is 5.07. The van der Waals surface area contributed by atoms with E-state index in [-0.39, 0.29) is 0 Å². The minimum absolute atomic E-state index is 0.524. The van der Waals surface area contributed by atoms with Crippen molar-refractivity contribution in [3.8, 4) is 0 Å². The van der Waals surface area contributed by atoms with Gasteiger partial charge >= 0.3 is 0 Å². The third-order valence-electron chi connectivity index (χ3n) is 1.34. The lowest BCUT2D eigenvalue weighted by Crippen LogP contribution is -2.45. The number of nitroso groups, excluding NO2 is 1. The van der Waals surface area contributed by atoms with Gasteiger partial charge in [0.05, 0.1) is 6.61 Å². The molecule has 1 N–H and O–H groups in total. The Kier molecular flexibility index (Phi) is 1.78. The maximum Gasteiger partial charge on any atom is 0.209 e. The number of morpholine rings is 1. The van der Waals surface area contributed by atoms with E-state index in [1.54, 1.807) is 6.92 Å². The quantitative estimate of drug-likeness (QED) is 0.512. The molecule has 0 amide bonds. The highest BCUT2D eigenvalue weighted by molar-refractivity contribution is 4.77. The van der Waals surface area contributed by atoms with E-state index in [2.05, 4.69) is 10.5 Å². The van der Waals surface area contributed by atoms with Crippen LogP contribution in [0.15, 0.2) is 5.18 Å². The van der Waals surface area contributed by atoms with Crippen LogP contribution in [0.3, 0.4) is 0 Å². The van der Waals surface area contributed by atoms with Crippen LogP contribution in [0, 0.1) is 4.91 Å². The summed E-state index contributed by atoms with van der Waals surface area (Å²) in [5, 5.41) is 5.85. The van der Waals surface area contributed by atoms with Crippen LogP contribution in [0.5, 0.6) is 0 Å². The lowest BCUT2D eigenvalue weighted by molar-refractivity contribution is -0.0468. The maximum absolute atomic E-state index is 10.1. The first kappa shape index (κ1) is 6.64. The van der Waals surface area contributed by atoms with Gasteiger partial charge in [-0.15, -0.1) is 4.91 Å². The van der Waals surface area contributed by atoms with Crippen molar-refractivity contribution in [3.63, 3.8) is 0 Å². The van der Waals surface area contributed by atoms with Gasteiger partial charge < -0.3 is 10.1 Å². The molecule has 1 unspecified atom stereocenters. The zero-order chi connectivity index (χ0) is 6.74. The lowest BCUT2D eigenvalue weighted by Gasteiger charge is -2.26. The van der Waals surface area contributed by atoms with Crippen LogP contribution in [0.1, 0.15) is 6.92 Å². The van der Waals surface area contributed by atoms with E-state index in [0.717, 1.165) is 6.54 Å². The molecule has 0 aromatic carbocycles. The van der Waals surface area contributed by atoms with Crippen LogP contribution in [0.2, 0.25) is 0 Å². The Morgan fingerprint density at radius 2 is 2.56 bits per heavy atom. The maximum atomic E-state index is 10.1. The largest absolute Gasteiger partial charge is 0.348 e. The zero-order valence-electron chi connectivity index (χ0n) is 5.39. The Labute approximate surface area is 53.6 Å². The van der Waals surface area contributed by atoms with Gasteiger partial charge in [-0.05, 0) is 12.1 Å². The number of hydrogen-bond donors (Lipinski definition) is 1. The Morgan fingerprint density at radius 3 is 2.89 bits per heavy atom. The van der Waals surface area contributed by atoms with Crippen molar-refractivity contribution in [2.45, 2.75) is 12.6 Å². The first-order valence-corrected chi connectivity index (χ1v) is 2.96. The van der Waals surface area contributed by atoms with Crippen molar-refractivity contribution in [1.29, 1.82) is 0 Å². The molecule has 1 heterocycles. The molecule has 4 nitrogen and oxygen atoms in total. The fourth-order valence-corrected chi connectivity index (χ4v) is 0.773. The third kappa shape index (κ3) is 1.46. The molecule has 1 rings (SSSR count). The second-order valence-electron chi connectivity index (χ2n) is 2.29. The van der Waals surface area contributed by atoms with Crippen LogP contribution in [0.25, 0.3) is 0 Å². The van der Waals surface area contributed by atoms with Crippen molar-refractivity contribution in [1.82, 2.24) is 5.32 Å². The summed E-state index contributed by atoms with van der Waals surface area (Å²) in [6, 6.07) is 0. The summed E-state index contributed by atoms with van der Waals surface area (Å²) in [6.45, 7) is 3.58. The summed E-state index contributed by atoms with van der Waals surface area (Å²) in [6.07, 6.45) is 0. The average Bonchev–Trinajstić information content (AvgIpc) is 1.90. The van der Waals surface area contributed by atoms with E-state index in [9.17, 15) is 4.91 Å². The Morgan fingerprint density at radius 1 is 1.78 bits per heavy atom. The predicted molar refractivity (Wildman–Crippen MR) is 33.0 cm³/mol. The van der Waals surface area contributed by atoms with Crippen LogP contribution in [0.4, 0.5) is 0 Å². The average molecular weight is 130 g/mol. The topological polar surface area (TPSA) is 50.7 Å². The molecule has 0 saturated carbocycles. The van der Waals surface area contributed by atoms with E-state index in [1.165, 1.54) is 0 Å². The molecule has 9 heavy (non-hydrogen) atoms. The van der Waals surface area contributed by atoms with E-state index >= 15 is 0 Å². The van der Waals surface area contributed by atoms with Crippen molar-refractivity contribution in [2.24, 2.45) is 5.18 Å². The Balaban J connectivity index is 2.46. The standard InChI is InChI=1S/C5H10N2O2/c1-5(7-8)4-6-2-3-9-5/h6H,2-4H2,1H3. The fraction of sp³-hybridized carbons (Fsp3) is 1.00. The van der Waals surface area contributed by atoms with Gasteiger partial charge in [0.15, 0.2) is 0 Å². The van der Waals surface area contributed by atoms with Crippen LogP contribution < -0.4 is 5.32 Å². The van der Waals surface area contributed by atoms with Gasteiger partial charge in [0.25, 0.3) is 0 Å². The van der Waals surface area contributed by atoms with Gasteiger partial charge in [0.1, 0.15) is 0 Å². The van der Waals surface area contributed by atoms with Crippen molar-refractivity contribution >= 4 is 0 Å². The second kappa shape index (κ2) is 2.41. The number of hydrogen-bond acceptors (Lipinski definition) is 4. The van der Waals surface area contributed by atoms with Gasteiger partial charge in [0.2, 0.25) is 5.72 Å². The predicted octanol–water partition coefficient (Wildman–Crippen LogP) is 0.0888. The molecule has 0 aromatic rings. The first-order chi connectivity index (χ1) is 4.27. The second-order valence-corrected chi connectivity index (χ2v) is 2.29. The smallest absolute Gasteiger partial charge is 0.209 e. The summed E-state index contributed by atoms with van der Waals surface area (Å²) in [5.41, 5.74) is -0.821. The summed E-state index contributed by atoms with van der Waals surface area (Å²) in [7, 11) is 0. The van der Waals surface area contributed by atoms with Crippen LogP contribution in [-0.2, 0) is 4.74 Å². The van der Waals surface area contributed by atoms with Gasteiger partial charge in [0, 0.05) is 13.1 Å². The van der Waals surface area contributed by atoms with Crippen molar-refractivity contribution < 1.29 is 4.74 Å². The molecule has 0 bridgehead atoms. The monoisotopic (exact) mass is 130 g/mol. The number of nitrogens with one attached hydrogen (secondary N) is 1. The minimum atomic E-state index is -0.821. The van der Waals surface area contributed by atoms with Gasteiger partial charge in [-0.25, -0.2) is 0 Å². The normalized spacial score (nSPS) is 36.1. The van der Waals surface area contributed by atoms with Crippen LogP contribution >= 0.6 is 0 Å². The highest BCUT2D eigenvalue weighted by Gasteiger charge is 2.28. The van der Waals surface area contributed by atoms with Gasteiger partial charge in [-0.3, -0.25) is 0 Å². The molecule has 1 aliphatic heterocycles. The summed E-state index contributed by atoms with van der Waals surface area (Å²) in [5.74, 6) is 0. The van der Waals surface area contributed by atoms with Gasteiger partial charge in [-0.2, -0.15) is 0 Å². The minimum Gasteiger partial charge on any atom is -0.348 e. The molecule has 52 valence electrons. The number of rotatable bonds is 1. The molecule has 0 aromatic heterocycles. The van der Waals surface area contributed by atoms with E-state index in [0.29, 0.717) is 13.2 Å². The molecule has 1 aliphatic rings. The molecule has 0 radical (unpaired) electrons. The van der Waals surface area contributed by atoms with Crippen molar-refractivity contribution in [2.75, 3.05) is 19.7 Å². The highest BCUT2D eigenvalue weighted by Crippen LogP contribution is 2.12. The molecular formula is C5H10N2O2. The molecule has 1 fully saturated rings.